The molecule has 0 aliphatic carbocycles. The Morgan fingerprint density at radius 1 is 0.533 bits per heavy atom. The van der Waals surface area contributed by atoms with Gasteiger partial charge in [0.25, 0.3) is 0 Å². The Bertz CT molecular complexity index is 1270. The monoisotopic (exact) mass is 424 g/mol. The van der Waals surface area contributed by atoms with E-state index in [0.29, 0.717) is 0 Å². The molecule has 0 bridgehead atoms. The molecule has 5 aromatic rings. The average molecular weight is 425 g/mol. The number of fused-ring (bicyclic) bond motifs is 2. The highest BCUT2D eigenvalue weighted by molar-refractivity contribution is 8.02. The summed E-state index contributed by atoms with van der Waals surface area (Å²) >= 11 is 3.36. The van der Waals surface area contributed by atoms with Crippen molar-refractivity contribution < 1.29 is 0 Å². The van der Waals surface area contributed by atoms with E-state index in [1.165, 1.54) is 31.7 Å². The van der Waals surface area contributed by atoms with Crippen molar-refractivity contribution in [2.45, 2.75) is 33.7 Å². The van der Waals surface area contributed by atoms with E-state index in [9.17, 15) is 0 Å². The lowest BCUT2D eigenvalue weighted by molar-refractivity contribution is 0.969. The Balaban J connectivity index is 1.65. The third-order valence-corrected chi connectivity index (χ3v) is 6.94. The smallest absolute Gasteiger partial charge is 0.134 e. The first-order valence-electron chi connectivity index (χ1n) is 9.84. The second-order valence-electron chi connectivity index (χ2n) is 7.36. The zero-order chi connectivity index (χ0) is 20.5. The summed E-state index contributed by atoms with van der Waals surface area (Å²) in [6, 6.07) is 29.7. The van der Waals surface area contributed by atoms with Crippen molar-refractivity contribution in [2.24, 2.45) is 0 Å². The Morgan fingerprint density at radius 3 is 1.43 bits per heavy atom. The summed E-state index contributed by atoms with van der Waals surface area (Å²) in [7, 11) is 0. The number of hydrogen-bond acceptors (Lipinski definition) is 4. The van der Waals surface area contributed by atoms with Gasteiger partial charge in [-0.1, -0.05) is 83.2 Å². The summed E-state index contributed by atoms with van der Waals surface area (Å²) in [5, 5.41) is 4.25. The van der Waals surface area contributed by atoms with E-state index in [0.717, 1.165) is 21.1 Å². The molecule has 2 nitrogen and oxygen atoms in total. The highest BCUT2D eigenvalue weighted by atomic mass is 32.2. The summed E-state index contributed by atoms with van der Waals surface area (Å²) in [5.41, 5.74) is 4.34. The highest BCUT2D eigenvalue weighted by Gasteiger charge is 2.13. The molecular weight excluding hydrogens is 404 g/mol. The van der Waals surface area contributed by atoms with Gasteiger partial charge >= 0.3 is 0 Å². The van der Waals surface area contributed by atoms with Crippen molar-refractivity contribution in [1.29, 1.82) is 0 Å². The van der Waals surface area contributed by atoms with Gasteiger partial charge in [-0.2, -0.15) is 0 Å². The largest absolute Gasteiger partial charge is 0.237 e. The molecule has 0 unspecified atom stereocenters. The van der Waals surface area contributed by atoms with E-state index in [1.807, 2.05) is 0 Å². The fourth-order valence-electron chi connectivity index (χ4n) is 3.42. The lowest BCUT2D eigenvalue weighted by Crippen LogP contribution is -1.93. The zero-order valence-corrected chi connectivity index (χ0v) is 18.4. The molecule has 0 amide bonds. The van der Waals surface area contributed by atoms with Crippen molar-refractivity contribution in [3.63, 3.8) is 0 Å². The SMILES string of the molecule is Cc1cccc(Sc2nc3cc4ccccc4cc3nc2Sc2cccc(C)c2)c1. The minimum atomic E-state index is 0.928. The van der Waals surface area contributed by atoms with Gasteiger partial charge in [-0.05, 0) is 61.0 Å². The minimum Gasteiger partial charge on any atom is -0.237 e. The van der Waals surface area contributed by atoms with E-state index in [1.54, 1.807) is 23.5 Å². The van der Waals surface area contributed by atoms with E-state index in [-0.39, 0.29) is 0 Å². The van der Waals surface area contributed by atoms with Crippen LogP contribution in [-0.2, 0) is 0 Å². The Labute approximate surface area is 184 Å². The third-order valence-electron chi connectivity index (χ3n) is 4.88. The lowest BCUT2D eigenvalue weighted by Gasteiger charge is -2.11. The van der Waals surface area contributed by atoms with Crippen molar-refractivity contribution in [3.8, 4) is 0 Å². The van der Waals surface area contributed by atoms with Crippen LogP contribution in [0.15, 0.2) is 105 Å². The molecule has 146 valence electrons. The molecule has 0 aliphatic rings. The first-order valence-corrected chi connectivity index (χ1v) is 11.5. The summed E-state index contributed by atoms with van der Waals surface area (Å²) in [6.45, 7) is 4.23. The van der Waals surface area contributed by atoms with Crippen molar-refractivity contribution in [3.05, 3.63) is 96.1 Å². The Hall–Kier alpha value is -2.82. The summed E-state index contributed by atoms with van der Waals surface area (Å²) in [4.78, 5) is 12.4. The normalized spacial score (nSPS) is 11.3. The summed E-state index contributed by atoms with van der Waals surface area (Å²) < 4.78 is 0. The number of benzene rings is 4. The molecule has 30 heavy (non-hydrogen) atoms. The molecule has 1 heterocycles. The first kappa shape index (κ1) is 19.2. The lowest BCUT2D eigenvalue weighted by atomic mass is 10.1. The van der Waals surface area contributed by atoms with E-state index in [4.69, 9.17) is 9.97 Å². The third kappa shape index (κ3) is 4.07. The van der Waals surface area contributed by atoms with Gasteiger partial charge in [0.1, 0.15) is 10.1 Å². The maximum Gasteiger partial charge on any atom is 0.134 e. The molecule has 0 atom stereocenters. The molecule has 0 spiro atoms. The Kier molecular flexibility index (Phi) is 5.19. The number of rotatable bonds is 4. The molecule has 0 radical (unpaired) electrons. The molecule has 0 saturated carbocycles. The van der Waals surface area contributed by atoms with Crippen LogP contribution in [0.3, 0.4) is 0 Å². The van der Waals surface area contributed by atoms with Crippen molar-refractivity contribution >= 4 is 45.3 Å². The van der Waals surface area contributed by atoms with Gasteiger partial charge in [0.2, 0.25) is 0 Å². The molecule has 4 heteroatoms. The average Bonchev–Trinajstić information content (AvgIpc) is 2.73. The van der Waals surface area contributed by atoms with E-state index >= 15 is 0 Å². The highest BCUT2D eigenvalue weighted by Crippen LogP contribution is 2.38. The second kappa shape index (κ2) is 8.13. The van der Waals surface area contributed by atoms with Gasteiger partial charge in [-0.25, -0.2) is 9.97 Å². The molecule has 0 fully saturated rings. The predicted octanol–water partition coefficient (Wildman–Crippen LogP) is 7.70. The summed E-state index contributed by atoms with van der Waals surface area (Å²) in [5.74, 6) is 0. The second-order valence-corrected chi connectivity index (χ2v) is 9.48. The van der Waals surface area contributed by atoms with Gasteiger partial charge in [-0.15, -0.1) is 0 Å². The summed E-state index contributed by atoms with van der Waals surface area (Å²) in [6.07, 6.45) is 0. The molecule has 1 aromatic heterocycles. The fourth-order valence-corrected chi connectivity index (χ4v) is 5.46. The van der Waals surface area contributed by atoms with Crippen LogP contribution < -0.4 is 0 Å². The topological polar surface area (TPSA) is 25.8 Å². The zero-order valence-electron chi connectivity index (χ0n) is 16.8. The number of hydrogen-bond donors (Lipinski definition) is 0. The number of nitrogens with zero attached hydrogens (tertiary/aromatic N) is 2. The number of aromatic nitrogens is 2. The molecule has 0 aliphatic heterocycles. The standard InChI is InChI=1S/C26H20N2S2/c1-17-7-5-11-21(13-17)29-25-26(30-22-12-6-8-18(2)14-22)28-24-16-20-10-4-3-9-19(20)15-23(24)27-25/h3-16H,1-2H3. The molecule has 0 N–H and O–H groups in total. The van der Waals surface area contributed by atoms with Crippen LogP contribution in [0.4, 0.5) is 0 Å². The first-order chi connectivity index (χ1) is 14.6. The van der Waals surface area contributed by atoms with Gasteiger partial charge in [0, 0.05) is 9.79 Å². The van der Waals surface area contributed by atoms with Crippen LogP contribution in [0.25, 0.3) is 21.8 Å². The maximum atomic E-state index is 5.05. The van der Waals surface area contributed by atoms with Gasteiger partial charge in [0.05, 0.1) is 11.0 Å². The predicted molar refractivity (Wildman–Crippen MR) is 128 cm³/mol. The molecule has 5 rings (SSSR count). The van der Waals surface area contributed by atoms with E-state index < -0.39 is 0 Å². The van der Waals surface area contributed by atoms with Crippen LogP contribution in [0.1, 0.15) is 11.1 Å². The quantitative estimate of drug-likeness (QED) is 0.276. The molecule has 4 aromatic carbocycles. The Morgan fingerprint density at radius 2 is 1.00 bits per heavy atom. The van der Waals surface area contributed by atoms with Crippen LogP contribution in [0.2, 0.25) is 0 Å². The molecular formula is C26H20N2S2. The maximum absolute atomic E-state index is 5.05. The fraction of sp³-hybridized carbons (Fsp3) is 0.0769. The van der Waals surface area contributed by atoms with Crippen LogP contribution in [0, 0.1) is 13.8 Å². The van der Waals surface area contributed by atoms with E-state index in [2.05, 4.69) is 98.8 Å². The minimum absolute atomic E-state index is 0.928. The van der Waals surface area contributed by atoms with Gasteiger partial charge in [-0.3, -0.25) is 0 Å². The van der Waals surface area contributed by atoms with Gasteiger partial charge in [0.15, 0.2) is 0 Å². The van der Waals surface area contributed by atoms with Crippen LogP contribution in [-0.4, -0.2) is 9.97 Å². The van der Waals surface area contributed by atoms with Crippen LogP contribution >= 0.6 is 23.5 Å². The van der Waals surface area contributed by atoms with Crippen molar-refractivity contribution in [2.75, 3.05) is 0 Å². The molecule has 0 saturated heterocycles. The van der Waals surface area contributed by atoms with Crippen molar-refractivity contribution in [1.82, 2.24) is 9.97 Å². The number of aryl methyl sites for hydroxylation is 2. The van der Waals surface area contributed by atoms with Gasteiger partial charge < -0.3 is 0 Å². The van der Waals surface area contributed by atoms with Crippen LogP contribution in [0.5, 0.6) is 0 Å².